The van der Waals surface area contributed by atoms with Gasteiger partial charge < -0.3 is 9.84 Å². The first-order valence-corrected chi connectivity index (χ1v) is 9.05. The molecule has 0 aliphatic carbocycles. The van der Waals surface area contributed by atoms with E-state index < -0.39 is 0 Å². The largest absolute Gasteiger partial charge is 0.504 e. The van der Waals surface area contributed by atoms with Crippen molar-refractivity contribution in [3.63, 3.8) is 0 Å². The van der Waals surface area contributed by atoms with Gasteiger partial charge in [-0.25, -0.2) is 0 Å². The summed E-state index contributed by atoms with van der Waals surface area (Å²) < 4.78 is 5.29. The smallest absolute Gasteiger partial charge is 0.185 e. The van der Waals surface area contributed by atoms with Gasteiger partial charge in [-0.05, 0) is 74.0 Å². The SMILES string of the molecule is COc1cc(/C=C/C(=O)c2ccc(Cl)cc2)cc(CN2CCCC2)c1O. The molecule has 1 aliphatic rings. The number of hydrogen-bond donors (Lipinski definition) is 1. The van der Waals surface area contributed by atoms with E-state index in [1.54, 1.807) is 36.4 Å². The van der Waals surface area contributed by atoms with E-state index in [9.17, 15) is 9.90 Å². The Labute approximate surface area is 158 Å². The van der Waals surface area contributed by atoms with E-state index in [1.165, 1.54) is 26.0 Å². The van der Waals surface area contributed by atoms with Crippen molar-refractivity contribution in [2.75, 3.05) is 20.2 Å². The lowest BCUT2D eigenvalue weighted by atomic mass is 10.1. The maximum absolute atomic E-state index is 12.3. The number of carbonyl (C=O) groups excluding carboxylic acids is 1. The molecule has 1 aliphatic heterocycles. The van der Waals surface area contributed by atoms with Crippen molar-refractivity contribution in [1.82, 2.24) is 4.90 Å². The van der Waals surface area contributed by atoms with Gasteiger partial charge in [-0.1, -0.05) is 17.7 Å². The van der Waals surface area contributed by atoms with Crippen molar-refractivity contribution in [3.8, 4) is 11.5 Å². The van der Waals surface area contributed by atoms with Crippen molar-refractivity contribution >= 4 is 23.5 Å². The van der Waals surface area contributed by atoms with Crippen molar-refractivity contribution in [2.45, 2.75) is 19.4 Å². The first-order chi connectivity index (χ1) is 12.6. The highest BCUT2D eigenvalue weighted by atomic mass is 35.5. The lowest BCUT2D eigenvalue weighted by Crippen LogP contribution is -2.18. The average Bonchev–Trinajstić information content (AvgIpc) is 3.15. The third kappa shape index (κ3) is 4.45. The quantitative estimate of drug-likeness (QED) is 0.598. The van der Waals surface area contributed by atoms with Crippen LogP contribution in [0.25, 0.3) is 6.08 Å². The fourth-order valence-electron chi connectivity index (χ4n) is 3.13. The number of rotatable bonds is 6. The molecule has 2 aromatic rings. The molecule has 3 rings (SSSR count). The number of ketones is 1. The van der Waals surface area contributed by atoms with Crippen molar-refractivity contribution < 1.29 is 14.6 Å². The number of carbonyl (C=O) groups is 1. The maximum Gasteiger partial charge on any atom is 0.185 e. The van der Waals surface area contributed by atoms with Crippen LogP contribution in [0.2, 0.25) is 5.02 Å². The van der Waals surface area contributed by atoms with Crippen molar-refractivity contribution in [1.29, 1.82) is 0 Å². The van der Waals surface area contributed by atoms with E-state index in [4.69, 9.17) is 16.3 Å². The number of aromatic hydroxyl groups is 1. The number of phenolic OH excluding ortho intramolecular Hbond substituents is 1. The molecule has 26 heavy (non-hydrogen) atoms. The summed E-state index contributed by atoms with van der Waals surface area (Å²) in [5.41, 5.74) is 2.20. The molecular weight excluding hydrogens is 350 g/mol. The summed E-state index contributed by atoms with van der Waals surface area (Å²) >= 11 is 5.85. The van der Waals surface area contributed by atoms with Crippen LogP contribution in [0.5, 0.6) is 11.5 Å². The summed E-state index contributed by atoms with van der Waals surface area (Å²) in [4.78, 5) is 14.6. The van der Waals surface area contributed by atoms with Gasteiger partial charge in [-0.2, -0.15) is 0 Å². The molecule has 0 aromatic heterocycles. The van der Waals surface area contributed by atoms with E-state index in [1.807, 2.05) is 6.07 Å². The molecule has 1 fully saturated rings. The molecule has 1 heterocycles. The number of ether oxygens (including phenoxy) is 1. The Kier molecular flexibility index (Phi) is 5.96. The number of allylic oxidation sites excluding steroid dienone is 1. The number of halogens is 1. The number of likely N-dealkylation sites (tertiary alicyclic amines) is 1. The zero-order chi connectivity index (χ0) is 18.5. The van der Waals surface area contributed by atoms with Crippen molar-refractivity contribution in [3.05, 3.63) is 64.2 Å². The van der Waals surface area contributed by atoms with Crippen LogP contribution < -0.4 is 4.74 Å². The third-order valence-electron chi connectivity index (χ3n) is 4.54. The first-order valence-electron chi connectivity index (χ1n) is 8.67. The van der Waals surface area contributed by atoms with Gasteiger partial charge in [0.15, 0.2) is 17.3 Å². The minimum Gasteiger partial charge on any atom is -0.504 e. The predicted octanol–water partition coefficient (Wildman–Crippen LogP) is 4.55. The van der Waals surface area contributed by atoms with E-state index >= 15 is 0 Å². The van der Waals surface area contributed by atoms with Crippen LogP contribution >= 0.6 is 11.6 Å². The minimum absolute atomic E-state index is 0.102. The van der Waals surface area contributed by atoms with E-state index in [2.05, 4.69) is 4.90 Å². The predicted molar refractivity (Wildman–Crippen MR) is 104 cm³/mol. The highest BCUT2D eigenvalue weighted by molar-refractivity contribution is 6.30. The molecule has 1 saturated heterocycles. The van der Waals surface area contributed by atoms with Gasteiger partial charge in [0, 0.05) is 22.7 Å². The highest BCUT2D eigenvalue weighted by Gasteiger charge is 2.16. The van der Waals surface area contributed by atoms with E-state index in [0.29, 0.717) is 22.9 Å². The van der Waals surface area contributed by atoms with Crippen LogP contribution in [0.3, 0.4) is 0 Å². The molecule has 4 nitrogen and oxygen atoms in total. The monoisotopic (exact) mass is 371 g/mol. The highest BCUT2D eigenvalue weighted by Crippen LogP contribution is 2.33. The molecule has 2 aromatic carbocycles. The second kappa shape index (κ2) is 8.39. The molecule has 5 heteroatoms. The molecule has 1 N–H and O–H groups in total. The molecule has 0 unspecified atom stereocenters. The number of hydrogen-bond acceptors (Lipinski definition) is 4. The summed E-state index contributed by atoms with van der Waals surface area (Å²) in [5, 5.41) is 11.0. The second-order valence-corrected chi connectivity index (χ2v) is 6.86. The first kappa shape index (κ1) is 18.5. The standard InChI is InChI=1S/C21H22ClNO3/c1-26-20-13-15(4-9-19(24)16-5-7-18(22)8-6-16)12-17(21(20)25)14-23-10-2-3-11-23/h4-9,12-13,25H,2-3,10-11,14H2,1H3/b9-4+. The fourth-order valence-corrected chi connectivity index (χ4v) is 3.25. The zero-order valence-corrected chi connectivity index (χ0v) is 15.5. The van der Waals surface area contributed by atoms with E-state index in [-0.39, 0.29) is 11.5 Å². The molecule has 0 spiro atoms. The fraction of sp³-hybridized carbons (Fsp3) is 0.286. The molecule has 0 bridgehead atoms. The second-order valence-electron chi connectivity index (χ2n) is 6.42. The molecule has 0 atom stereocenters. The molecule has 0 saturated carbocycles. The van der Waals surface area contributed by atoms with Crippen LogP contribution in [0.4, 0.5) is 0 Å². The lowest BCUT2D eigenvalue weighted by Gasteiger charge is -2.17. The summed E-state index contributed by atoms with van der Waals surface area (Å²) in [7, 11) is 1.53. The average molecular weight is 372 g/mol. The zero-order valence-electron chi connectivity index (χ0n) is 14.7. The summed E-state index contributed by atoms with van der Waals surface area (Å²) in [6.07, 6.45) is 5.64. The summed E-state index contributed by atoms with van der Waals surface area (Å²) in [5.74, 6) is 0.482. The maximum atomic E-state index is 12.3. The van der Waals surface area contributed by atoms with Crippen LogP contribution in [0.15, 0.2) is 42.5 Å². The normalized spacial score (nSPS) is 14.8. The number of methoxy groups -OCH3 is 1. The van der Waals surface area contributed by atoms with Crippen LogP contribution in [-0.2, 0) is 6.54 Å². The molecule has 0 amide bonds. The van der Waals surface area contributed by atoms with Gasteiger partial charge >= 0.3 is 0 Å². The Bertz CT molecular complexity index is 809. The van der Waals surface area contributed by atoms with Crippen LogP contribution in [-0.4, -0.2) is 36.0 Å². The van der Waals surface area contributed by atoms with Gasteiger partial charge in [0.2, 0.25) is 0 Å². The number of nitrogens with zero attached hydrogens (tertiary/aromatic N) is 1. The van der Waals surface area contributed by atoms with Gasteiger partial charge in [0.25, 0.3) is 0 Å². The Morgan fingerprint density at radius 3 is 2.58 bits per heavy atom. The Balaban J connectivity index is 1.81. The van der Waals surface area contributed by atoms with Gasteiger partial charge in [0.05, 0.1) is 7.11 Å². The molecular formula is C21H22ClNO3. The third-order valence-corrected chi connectivity index (χ3v) is 4.80. The van der Waals surface area contributed by atoms with Gasteiger partial charge in [-0.15, -0.1) is 0 Å². The van der Waals surface area contributed by atoms with Gasteiger partial charge in [0.1, 0.15) is 0 Å². The Morgan fingerprint density at radius 1 is 1.23 bits per heavy atom. The Morgan fingerprint density at radius 2 is 1.92 bits per heavy atom. The van der Waals surface area contributed by atoms with Crippen molar-refractivity contribution in [2.24, 2.45) is 0 Å². The summed E-state index contributed by atoms with van der Waals surface area (Å²) in [6.45, 7) is 2.75. The van der Waals surface area contributed by atoms with Crippen LogP contribution in [0, 0.1) is 0 Å². The number of phenols is 1. The van der Waals surface area contributed by atoms with Crippen LogP contribution in [0.1, 0.15) is 34.3 Å². The Hall–Kier alpha value is -2.30. The molecule has 136 valence electrons. The van der Waals surface area contributed by atoms with Gasteiger partial charge in [-0.3, -0.25) is 9.69 Å². The summed E-state index contributed by atoms with van der Waals surface area (Å²) in [6, 6.07) is 10.4. The minimum atomic E-state index is -0.102. The molecule has 0 radical (unpaired) electrons. The topological polar surface area (TPSA) is 49.8 Å². The lowest BCUT2D eigenvalue weighted by molar-refractivity contribution is 0.104. The van der Waals surface area contributed by atoms with E-state index in [0.717, 1.165) is 24.2 Å². The number of benzene rings is 2.